The fraction of sp³-hybridized carbons (Fsp3) is 1.00. The molecule has 1 nitrogen and oxygen atoms in total. The third-order valence-electron chi connectivity index (χ3n) is 2.45. The van der Waals surface area contributed by atoms with Crippen molar-refractivity contribution in [3.05, 3.63) is 0 Å². The molecular formula is C9H20O. The maximum Gasteiger partial charge on any atom is 0.0591 e. The van der Waals surface area contributed by atoms with Crippen molar-refractivity contribution in [1.29, 1.82) is 0 Å². The highest BCUT2D eigenvalue weighted by Crippen LogP contribution is 2.17. The second kappa shape index (κ2) is 4.73. The first-order chi connectivity index (χ1) is 4.63. The molecular weight excluding hydrogens is 124 g/mol. The lowest BCUT2D eigenvalue weighted by molar-refractivity contribution is 0.0616. The number of rotatable bonds is 4. The molecule has 62 valence electrons. The summed E-state index contributed by atoms with van der Waals surface area (Å²) >= 11 is 0. The lowest BCUT2D eigenvalue weighted by atomic mass is 9.90. The highest BCUT2D eigenvalue weighted by atomic mass is 16.3. The topological polar surface area (TPSA) is 20.2 Å². The lowest BCUT2D eigenvalue weighted by Crippen LogP contribution is -2.24. The second-order valence-corrected chi connectivity index (χ2v) is 3.26. The molecule has 0 radical (unpaired) electrons. The fourth-order valence-electron chi connectivity index (χ4n) is 1.04. The largest absolute Gasteiger partial charge is 0.393 e. The van der Waals surface area contributed by atoms with Crippen molar-refractivity contribution < 1.29 is 5.11 Å². The van der Waals surface area contributed by atoms with E-state index in [1.54, 1.807) is 0 Å². The van der Waals surface area contributed by atoms with E-state index in [2.05, 4.69) is 27.7 Å². The molecule has 0 aromatic rings. The molecule has 0 amide bonds. The van der Waals surface area contributed by atoms with Crippen LogP contribution in [0.3, 0.4) is 0 Å². The summed E-state index contributed by atoms with van der Waals surface area (Å²) in [7, 11) is 0. The molecule has 0 spiro atoms. The average Bonchev–Trinajstić information content (AvgIpc) is 2.00. The molecule has 0 heterocycles. The summed E-state index contributed by atoms with van der Waals surface area (Å²) in [5.41, 5.74) is 0. The Bertz CT molecular complexity index is 70.8. The van der Waals surface area contributed by atoms with Crippen LogP contribution in [0.2, 0.25) is 0 Å². The van der Waals surface area contributed by atoms with Crippen LogP contribution in [0, 0.1) is 11.8 Å². The van der Waals surface area contributed by atoms with Gasteiger partial charge in [-0.15, -0.1) is 0 Å². The maximum absolute atomic E-state index is 9.59. The van der Waals surface area contributed by atoms with Gasteiger partial charge in [-0.2, -0.15) is 0 Å². The third-order valence-corrected chi connectivity index (χ3v) is 2.45. The zero-order chi connectivity index (χ0) is 8.15. The van der Waals surface area contributed by atoms with Gasteiger partial charge in [0.1, 0.15) is 0 Å². The van der Waals surface area contributed by atoms with Gasteiger partial charge in [-0.3, -0.25) is 0 Å². The Hall–Kier alpha value is -0.0400. The first-order valence-corrected chi connectivity index (χ1v) is 4.31. The maximum atomic E-state index is 9.59. The smallest absolute Gasteiger partial charge is 0.0591 e. The Morgan fingerprint density at radius 2 is 1.30 bits per heavy atom. The Morgan fingerprint density at radius 3 is 1.50 bits per heavy atom. The number of hydrogen-bond acceptors (Lipinski definition) is 1. The van der Waals surface area contributed by atoms with Gasteiger partial charge in [0.05, 0.1) is 6.10 Å². The predicted octanol–water partition coefficient (Wildman–Crippen LogP) is 2.44. The van der Waals surface area contributed by atoms with E-state index in [-0.39, 0.29) is 6.10 Å². The van der Waals surface area contributed by atoms with E-state index >= 15 is 0 Å². The summed E-state index contributed by atoms with van der Waals surface area (Å²) in [4.78, 5) is 0. The molecule has 0 aromatic carbocycles. The normalized spacial score (nSPS) is 17.4. The molecule has 1 heteroatoms. The van der Waals surface area contributed by atoms with Gasteiger partial charge in [-0.25, -0.2) is 0 Å². The molecule has 0 unspecified atom stereocenters. The van der Waals surface area contributed by atoms with Crippen molar-refractivity contribution in [2.75, 3.05) is 0 Å². The lowest BCUT2D eigenvalue weighted by Gasteiger charge is -2.22. The summed E-state index contributed by atoms with van der Waals surface area (Å²) in [5.74, 6) is 0.907. The van der Waals surface area contributed by atoms with Gasteiger partial charge in [0, 0.05) is 0 Å². The zero-order valence-electron chi connectivity index (χ0n) is 7.59. The summed E-state index contributed by atoms with van der Waals surface area (Å²) in [5, 5.41) is 9.59. The molecule has 0 bridgehead atoms. The van der Waals surface area contributed by atoms with E-state index in [0.29, 0.717) is 11.8 Å². The molecule has 0 saturated heterocycles. The van der Waals surface area contributed by atoms with E-state index in [0.717, 1.165) is 12.8 Å². The van der Waals surface area contributed by atoms with Crippen LogP contribution in [0.5, 0.6) is 0 Å². The minimum atomic E-state index is -0.102. The zero-order valence-corrected chi connectivity index (χ0v) is 7.59. The summed E-state index contributed by atoms with van der Waals surface area (Å²) in [6.07, 6.45) is 2.05. The van der Waals surface area contributed by atoms with E-state index in [1.807, 2.05) is 0 Å². The van der Waals surface area contributed by atoms with Crippen molar-refractivity contribution >= 4 is 0 Å². The van der Waals surface area contributed by atoms with Crippen LogP contribution in [-0.4, -0.2) is 11.2 Å². The van der Waals surface area contributed by atoms with Crippen LogP contribution in [0.25, 0.3) is 0 Å². The van der Waals surface area contributed by atoms with Crippen molar-refractivity contribution in [3.63, 3.8) is 0 Å². The van der Waals surface area contributed by atoms with E-state index in [1.165, 1.54) is 0 Å². The van der Waals surface area contributed by atoms with Crippen LogP contribution in [0.1, 0.15) is 40.5 Å². The van der Waals surface area contributed by atoms with Gasteiger partial charge in [-0.1, -0.05) is 40.5 Å². The van der Waals surface area contributed by atoms with Gasteiger partial charge in [0.2, 0.25) is 0 Å². The molecule has 0 saturated carbocycles. The summed E-state index contributed by atoms with van der Waals surface area (Å²) in [6, 6.07) is 0. The molecule has 10 heavy (non-hydrogen) atoms. The van der Waals surface area contributed by atoms with Crippen molar-refractivity contribution in [2.24, 2.45) is 11.8 Å². The molecule has 0 aliphatic rings. The first-order valence-electron chi connectivity index (χ1n) is 4.31. The highest BCUT2D eigenvalue weighted by Gasteiger charge is 2.17. The quantitative estimate of drug-likeness (QED) is 0.642. The molecule has 0 aliphatic carbocycles. The van der Waals surface area contributed by atoms with E-state index in [4.69, 9.17) is 0 Å². The molecule has 0 rings (SSSR count). The van der Waals surface area contributed by atoms with Crippen LogP contribution >= 0.6 is 0 Å². The molecule has 0 fully saturated rings. The van der Waals surface area contributed by atoms with Gasteiger partial charge in [0.15, 0.2) is 0 Å². The van der Waals surface area contributed by atoms with Crippen LogP contribution in [0.4, 0.5) is 0 Å². The SMILES string of the molecule is CC[C@@H](C)C(O)[C@H](C)CC. The van der Waals surface area contributed by atoms with Crippen LogP contribution in [0.15, 0.2) is 0 Å². The molecule has 1 N–H and O–H groups in total. The highest BCUT2D eigenvalue weighted by molar-refractivity contribution is 4.68. The summed E-state index contributed by atoms with van der Waals surface area (Å²) in [6.45, 7) is 8.46. The Kier molecular flexibility index (Phi) is 4.71. The molecule has 0 aromatic heterocycles. The van der Waals surface area contributed by atoms with Gasteiger partial charge < -0.3 is 5.11 Å². The van der Waals surface area contributed by atoms with Crippen molar-refractivity contribution in [3.8, 4) is 0 Å². The second-order valence-electron chi connectivity index (χ2n) is 3.26. The van der Waals surface area contributed by atoms with Crippen LogP contribution < -0.4 is 0 Å². The predicted molar refractivity (Wildman–Crippen MR) is 44.9 cm³/mol. The van der Waals surface area contributed by atoms with Crippen LogP contribution in [-0.2, 0) is 0 Å². The monoisotopic (exact) mass is 144 g/mol. The minimum absolute atomic E-state index is 0.102. The third kappa shape index (κ3) is 2.70. The first kappa shape index (κ1) is 9.96. The Balaban J connectivity index is 3.69. The van der Waals surface area contributed by atoms with Gasteiger partial charge >= 0.3 is 0 Å². The number of aliphatic hydroxyl groups is 1. The van der Waals surface area contributed by atoms with Gasteiger partial charge in [0.25, 0.3) is 0 Å². The number of aliphatic hydroxyl groups excluding tert-OH is 1. The average molecular weight is 144 g/mol. The van der Waals surface area contributed by atoms with Crippen molar-refractivity contribution in [1.82, 2.24) is 0 Å². The van der Waals surface area contributed by atoms with E-state index in [9.17, 15) is 5.11 Å². The van der Waals surface area contributed by atoms with Crippen molar-refractivity contribution in [2.45, 2.75) is 46.6 Å². The minimum Gasteiger partial charge on any atom is -0.393 e. The Labute approximate surface area is 64.5 Å². The summed E-state index contributed by atoms with van der Waals surface area (Å²) < 4.78 is 0. The molecule has 0 aliphatic heterocycles. The Morgan fingerprint density at radius 1 is 1.00 bits per heavy atom. The standard InChI is InChI=1S/C9H20O/c1-5-7(3)9(10)8(4)6-2/h7-10H,5-6H2,1-4H3/t7-,8-/m1/s1. The molecule has 2 atom stereocenters. The fourth-order valence-corrected chi connectivity index (χ4v) is 1.04. The number of hydrogen-bond donors (Lipinski definition) is 1. The van der Waals surface area contributed by atoms with E-state index < -0.39 is 0 Å². The van der Waals surface area contributed by atoms with Gasteiger partial charge in [-0.05, 0) is 11.8 Å².